The van der Waals surface area contributed by atoms with Gasteiger partial charge in [0.1, 0.15) is 24.4 Å². The van der Waals surface area contributed by atoms with Crippen LogP contribution in [0.15, 0.2) is 34.9 Å². The lowest BCUT2D eigenvalue weighted by atomic mass is 10.3. The molecule has 1 N–H and O–H groups in total. The molecule has 4 nitrogen and oxygen atoms in total. The van der Waals surface area contributed by atoms with Crippen LogP contribution in [-0.4, -0.2) is 11.1 Å². The van der Waals surface area contributed by atoms with Crippen LogP contribution in [0.25, 0.3) is 0 Å². The molecule has 18 heavy (non-hydrogen) atoms. The van der Waals surface area contributed by atoms with Crippen molar-refractivity contribution in [1.82, 2.24) is 0 Å². The fourth-order valence-corrected chi connectivity index (χ4v) is 1.58. The van der Waals surface area contributed by atoms with Crippen molar-refractivity contribution in [3.05, 3.63) is 51.9 Å². The molecule has 1 aromatic carbocycles. The van der Waals surface area contributed by atoms with E-state index in [0.29, 0.717) is 21.6 Å². The highest BCUT2D eigenvalue weighted by Gasteiger charge is 2.09. The molecule has 0 atom stereocenters. The highest BCUT2D eigenvalue weighted by atomic mass is 35.5. The van der Waals surface area contributed by atoms with Crippen molar-refractivity contribution in [3.63, 3.8) is 0 Å². The lowest BCUT2D eigenvalue weighted by Gasteiger charge is -2.04. The standard InChI is InChI=1S/C12H8Cl2O4/c13-10-2-1-8(4-11(10)14)18-6-9-3-7(5-17-9)12(15)16/h1-5H,6H2,(H,15,16). The van der Waals surface area contributed by atoms with E-state index in [1.807, 2.05) is 0 Å². The number of carboxylic acids is 1. The first-order valence-electron chi connectivity index (χ1n) is 4.95. The first-order valence-corrected chi connectivity index (χ1v) is 5.70. The maximum absolute atomic E-state index is 10.6. The Labute approximate surface area is 113 Å². The van der Waals surface area contributed by atoms with Crippen LogP contribution in [0.4, 0.5) is 0 Å². The van der Waals surface area contributed by atoms with Crippen molar-refractivity contribution in [2.75, 3.05) is 0 Å². The summed E-state index contributed by atoms with van der Waals surface area (Å²) < 4.78 is 10.4. The van der Waals surface area contributed by atoms with Gasteiger partial charge in [-0.05, 0) is 18.2 Å². The molecule has 0 spiro atoms. The van der Waals surface area contributed by atoms with Crippen LogP contribution in [0.5, 0.6) is 5.75 Å². The van der Waals surface area contributed by atoms with Crippen molar-refractivity contribution in [2.24, 2.45) is 0 Å². The molecule has 2 aromatic rings. The summed E-state index contributed by atoms with van der Waals surface area (Å²) in [6, 6.07) is 6.25. The number of ether oxygens (including phenoxy) is 1. The van der Waals surface area contributed by atoms with Gasteiger partial charge in [0.25, 0.3) is 0 Å². The average Bonchev–Trinajstić information content (AvgIpc) is 2.79. The summed E-state index contributed by atoms with van der Waals surface area (Å²) in [5, 5.41) is 9.55. The quantitative estimate of drug-likeness (QED) is 0.927. The Hall–Kier alpha value is -1.65. The smallest absolute Gasteiger partial charge is 0.338 e. The van der Waals surface area contributed by atoms with E-state index in [1.54, 1.807) is 18.2 Å². The summed E-state index contributed by atoms with van der Waals surface area (Å²) >= 11 is 11.6. The molecule has 0 fully saturated rings. The fourth-order valence-electron chi connectivity index (χ4n) is 1.29. The minimum absolute atomic E-state index is 0.0859. The number of carbonyl (C=O) groups is 1. The molecular weight excluding hydrogens is 279 g/mol. The van der Waals surface area contributed by atoms with Gasteiger partial charge < -0.3 is 14.3 Å². The van der Waals surface area contributed by atoms with Crippen molar-refractivity contribution >= 4 is 29.2 Å². The van der Waals surface area contributed by atoms with Crippen LogP contribution in [0.3, 0.4) is 0 Å². The Kier molecular flexibility index (Phi) is 3.79. The molecular formula is C12H8Cl2O4. The summed E-state index contributed by atoms with van der Waals surface area (Å²) in [6.45, 7) is 0.116. The summed E-state index contributed by atoms with van der Waals surface area (Å²) in [5.74, 6) is -0.101. The molecule has 0 saturated heterocycles. The van der Waals surface area contributed by atoms with E-state index in [9.17, 15) is 4.79 Å². The number of aromatic carboxylic acids is 1. The van der Waals surface area contributed by atoms with E-state index in [-0.39, 0.29) is 12.2 Å². The monoisotopic (exact) mass is 286 g/mol. The predicted molar refractivity (Wildman–Crippen MR) is 66.5 cm³/mol. The highest BCUT2D eigenvalue weighted by Crippen LogP contribution is 2.26. The summed E-state index contributed by atoms with van der Waals surface area (Å²) in [5.41, 5.74) is 0.0859. The number of benzene rings is 1. The van der Waals surface area contributed by atoms with Crippen LogP contribution >= 0.6 is 23.2 Å². The lowest BCUT2D eigenvalue weighted by molar-refractivity contribution is 0.0696. The second-order valence-electron chi connectivity index (χ2n) is 3.47. The summed E-state index contributed by atoms with van der Waals surface area (Å²) in [4.78, 5) is 10.6. The fraction of sp³-hybridized carbons (Fsp3) is 0.0833. The van der Waals surface area contributed by atoms with Crippen LogP contribution < -0.4 is 4.74 Å². The van der Waals surface area contributed by atoms with Gasteiger partial charge in [-0.15, -0.1) is 0 Å². The van der Waals surface area contributed by atoms with Gasteiger partial charge in [0.2, 0.25) is 0 Å². The first kappa shape index (κ1) is 12.8. The van der Waals surface area contributed by atoms with Gasteiger partial charge >= 0.3 is 5.97 Å². The Balaban J connectivity index is 2.02. The van der Waals surface area contributed by atoms with E-state index < -0.39 is 5.97 Å². The zero-order valence-corrected chi connectivity index (χ0v) is 10.5. The van der Waals surface area contributed by atoms with E-state index in [4.69, 9.17) is 37.5 Å². The molecule has 0 amide bonds. The molecule has 94 valence electrons. The zero-order chi connectivity index (χ0) is 13.1. The molecule has 0 bridgehead atoms. The van der Waals surface area contributed by atoms with E-state index in [2.05, 4.69) is 0 Å². The van der Waals surface area contributed by atoms with Crippen LogP contribution in [0.2, 0.25) is 10.0 Å². The number of carboxylic acid groups (broad SMARTS) is 1. The minimum Gasteiger partial charge on any atom is -0.486 e. The molecule has 2 rings (SSSR count). The van der Waals surface area contributed by atoms with Crippen LogP contribution in [0, 0.1) is 0 Å². The normalized spacial score (nSPS) is 10.3. The molecule has 0 radical (unpaired) electrons. The van der Waals surface area contributed by atoms with Gasteiger partial charge in [0, 0.05) is 6.07 Å². The molecule has 0 aliphatic heterocycles. The van der Waals surface area contributed by atoms with Gasteiger partial charge in [-0.2, -0.15) is 0 Å². The van der Waals surface area contributed by atoms with Crippen molar-refractivity contribution < 1.29 is 19.1 Å². The second-order valence-corrected chi connectivity index (χ2v) is 4.29. The maximum atomic E-state index is 10.6. The molecule has 6 heteroatoms. The van der Waals surface area contributed by atoms with Crippen molar-refractivity contribution in [1.29, 1.82) is 0 Å². The number of furan rings is 1. The van der Waals surface area contributed by atoms with Gasteiger partial charge in [-0.3, -0.25) is 0 Å². The third kappa shape index (κ3) is 2.97. The lowest BCUT2D eigenvalue weighted by Crippen LogP contribution is -1.95. The van der Waals surface area contributed by atoms with Gasteiger partial charge in [-0.1, -0.05) is 23.2 Å². The van der Waals surface area contributed by atoms with Gasteiger partial charge in [0.05, 0.1) is 15.6 Å². The Morgan fingerprint density at radius 1 is 1.28 bits per heavy atom. The second kappa shape index (κ2) is 5.33. The molecule has 0 aliphatic rings. The molecule has 0 saturated carbocycles. The zero-order valence-electron chi connectivity index (χ0n) is 9.02. The minimum atomic E-state index is -1.04. The topological polar surface area (TPSA) is 59.7 Å². The average molecular weight is 287 g/mol. The largest absolute Gasteiger partial charge is 0.486 e. The summed E-state index contributed by atoms with van der Waals surface area (Å²) in [6.07, 6.45) is 1.16. The third-order valence-corrected chi connectivity index (χ3v) is 2.91. The molecule has 1 heterocycles. The Morgan fingerprint density at radius 3 is 2.67 bits per heavy atom. The predicted octanol–water partition coefficient (Wildman–Crippen LogP) is 3.86. The van der Waals surface area contributed by atoms with E-state index in [0.717, 1.165) is 6.26 Å². The van der Waals surface area contributed by atoms with E-state index in [1.165, 1.54) is 6.07 Å². The molecule has 0 unspecified atom stereocenters. The highest BCUT2D eigenvalue weighted by molar-refractivity contribution is 6.42. The van der Waals surface area contributed by atoms with Crippen LogP contribution in [-0.2, 0) is 6.61 Å². The van der Waals surface area contributed by atoms with Crippen molar-refractivity contribution in [3.8, 4) is 5.75 Å². The Bertz CT molecular complexity index is 577. The van der Waals surface area contributed by atoms with Crippen LogP contribution in [0.1, 0.15) is 16.1 Å². The van der Waals surface area contributed by atoms with E-state index >= 15 is 0 Å². The summed E-state index contributed by atoms with van der Waals surface area (Å²) in [7, 11) is 0. The maximum Gasteiger partial charge on any atom is 0.338 e. The first-order chi connectivity index (χ1) is 8.56. The number of halogens is 2. The number of hydrogen-bond acceptors (Lipinski definition) is 3. The third-order valence-electron chi connectivity index (χ3n) is 2.17. The molecule has 0 aliphatic carbocycles. The Morgan fingerprint density at radius 2 is 2.06 bits per heavy atom. The molecule has 1 aromatic heterocycles. The number of rotatable bonds is 4. The van der Waals surface area contributed by atoms with Gasteiger partial charge in [0.15, 0.2) is 0 Å². The van der Waals surface area contributed by atoms with Crippen molar-refractivity contribution in [2.45, 2.75) is 6.61 Å². The number of hydrogen-bond donors (Lipinski definition) is 1. The SMILES string of the molecule is O=C(O)c1coc(COc2ccc(Cl)c(Cl)c2)c1. The van der Waals surface area contributed by atoms with Gasteiger partial charge in [-0.25, -0.2) is 4.79 Å².